The van der Waals surface area contributed by atoms with Crippen LogP contribution < -0.4 is 5.56 Å². The minimum absolute atomic E-state index is 0.423. The Kier molecular flexibility index (Phi) is 4.25. The lowest BCUT2D eigenvalue weighted by Crippen LogP contribution is -2.18. The minimum Gasteiger partial charge on any atom is -0.294 e. The van der Waals surface area contributed by atoms with Crippen molar-refractivity contribution in [3.05, 3.63) is 40.3 Å². The van der Waals surface area contributed by atoms with Crippen LogP contribution in [0.4, 0.5) is 0 Å². The third-order valence-corrected chi connectivity index (χ3v) is 5.03. The van der Waals surface area contributed by atoms with E-state index in [4.69, 9.17) is 4.55 Å². The molecule has 0 unspecified atom stereocenters. The summed E-state index contributed by atoms with van der Waals surface area (Å²) in [4.78, 5) is 10.9. The average Bonchev–Trinajstić information content (AvgIpc) is 2.78. The minimum atomic E-state index is -4.74. The van der Waals surface area contributed by atoms with Crippen LogP contribution >= 0.6 is 0 Å². The molecule has 0 spiro atoms. The van der Waals surface area contributed by atoms with E-state index >= 15 is 0 Å². The molecule has 0 aliphatic carbocycles. The summed E-state index contributed by atoms with van der Waals surface area (Å²) < 4.78 is 64.8. The standard InChI is InChI=1S/C13H16N2O7S2/c1-13(2,3)11-7-12(16)15(14-11)9-6-8(23(17,18)19)4-5-10(9)24(20,21)22/h4-7,14H,1-3H3,(H,17,18,19)(H,20,21,22). The molecule has 2 rings (SSSR count). The van der Waals surface area contributed by atoms with E-state index in [-0.39, 0.29) is 0 Å². The van der Waals surface area contributed by atoms with Gasteiger partial charge in [-0.1, -0.05) is 20.8 Å². The highest BCUT2D eigenvalue weighted by Crippen LogP contribution is 2.24. The van der Waals surface area contributed by atoms with E-state index in [0.29, 0.717) is 5.69 Å². The molecule has 0 amide bonds. The zero-order valence-electron chi connectivity index (χ0n) is 13.0. The van der Waals surface area contributed by atoms with Gasteiger partial charge in [-0.25, -0.2) is 4.68 Å². The summed E-state index contributed by atoms with van der Waals surface area (Å²) >= 11 is 0. The number of hydrogen-bond acceptors (Lipinski definition) is 5. The Hall–Kier alpha value is -1.95. The molecular formula is C13H16N2O7S2. The smallest absolute Gasteiger partial charge is 0.294 e. The van der Waals surface area contributed by atoms with Gasteiger partial charge in [0, 0.05) is 17.2 Å². The molecule has 2 aromatic rings. The zero-order valence-corrected chi connectivity index (χ0v) is 14.6. The Morgan fingerprint density at radius 3 is 2.00 bits per heavy atom. The van der Waals surface area contributed by atoms with E-state index in [2.05, 4.69) is 5.10 Å². The van der Waals surface area contributed by atoms with E-state index in [0.717, 1.165) is 22.9 Å². The first-order chi connectivity index (χ1) is 10.7. The molecular weight excluding hydrogens is 360 g/mol. The topological polar surface area (TPSA) is 147 Å². The zero-order chi connectivity index (χ0) is 18.5. The van der Waals surface area contributed by atoms with Gasteiger partial charge in [0.05, 0.1) is 10.6 Å². The predicted molar refractivity (Wildman–Crippen MR) is 84.7 cm³/mol. The second-order valence-corrected chi connectivity index (χ2v) is 8.98. The third-order valence-electron chi connectivity index (χ3n) is 3.28. The molecule has 24 heavy (non-hydrogen) atoms. The Bertz CT molecular complexity index is 1050. The van der Waals surface area contributed by atoms with Crippen LogP contribution in [-0.2, 0) is 25.7 Å². The SMILES string of the molecule is CC(C)(C)c1cc(=O)n(-c2cc(S(=O)(=O)O)ccc2S(=O)(=O)O)[nH]1. The van der Waals surface area contributed by atoms with Crippen molar-refractivity contribution in [1.29, 1.82) is 0 Å². The lowest BCUT2D eigenvalue weighted by atomic mass is 9.93. The number of nitrogens with one attached hydrogen (secondary N) is 1. The Morgan fingerprint density at radius 1 is 1.00 bits per heavy atom. The monoisotopic (exact) mass is 376 g/mol. The number of rotatable bonds is 3. The Labute approximate surface area is 138 Å². The maximum Gasteiger partial charge on any atom is 0.296 e. The van der Waals surface area contributed by atoms with Gasteiger partial charge in [-0.05, 0) is 18.2 Å². The van der Waals surface area contributed by atoms with Crippen molar-refractivity contribution in [3.8, 4) is 5.69 Å². The summed E-state index contributed by atoms with van der Waals surface area (Å²) in [6, 6.07) is 3.61. The average molecular weight is 376 g/mol. The summed E-state index contributed by atoms with van der Waals surface area (Å²) in [6.07, 6.45) is 0. The molecule has 3 N–H and O–H groups in total. The van der Waals surface area contributed by atoms with Crippen LogP contribution in [0, 0.1) is 0 Å². The highest BCUT2D eigenvalue weighted by molar-refractivity contribution is 7.86. The number of nitrogens with zero attached hydrogens (tertiary/aromatic N) is 1. The second-order valence-electron chi connectivity index (χ2n) is 6.17. The van der Waals surface area contributed by atoms with Crippen LogP contribution in [0.3, 0.4) is 0 Å². The molecule has 0 aliphatic rings. The highest BCUT2D eigenvalue weighted by atomic mass is 32.2. The number of aromatic amines is 1. The summed E-state index contributed by atoms with van der Waals surface area (Å²) in [5.41, 5.74) is -1.08. The van der Waals surface area contributed by atoms with Crippen molar-refractivity contribution >= 4 is 20.2 Å². The number of H-pyrrole nitrogens is 1. The van der Waals surface area contributed by atoms with Crippen molar-refractivity contribution in [2.75, 3.05) is 0 Å². The molecule has 9 nitrogen and oxygen atoms in total. The van der Waals surface area contributed by atoms with Gasteiger partial charge in [0.15, 0.2) is 0 Å². The molecule has 0 saturated carbocycles. The van der Waals surface area contributed by atoms with Crippen molar-refractivity contribution in [1.82, 2.24) is 9.78 Å². The lowest BCUT2D eigenvalue weighted by molar-refractivity contribution is 0.477. The van der Waals surface area contributed by atoms with Gasteiger partial charge in [-0.15, -0.1) is 0 Å². The summed E-state index contributed by atoms with van der Waals surface area (Å²) in [5, 5.41) is 2.68. The van der Waals surface area contributed by atoms with E-state index in [1.54, 1.807) is 20.8 Å². The maximum absolute atomic E-state index is 12.2. The van der Waals surface area contributed by atoms with Crippen molar-refractivity contribution in [2.24, 2.45) is 0 Å². The fraction of sp³-hybridized carbons (Fsp3) is 0.308. The van der Waals surface area contributed by atoms with Crippen LogP contribution in [0.5, 0.6) is 0 Å². The second kappa shape index (κ2) is 5.55. The van der Waals surface area contributed by atoms with Crippen LogP contribution in [0.15, 0.2) is 38.9 Å². The summed E-state index contributed by atoms with van der Waals surface area (Å²) in [6.45, 7) is 5.42. The number of aromatic nitrogens is 2. The Balaban J connectivity index is 2.86. The first kappa shape index (κ1) is 18.4. The first-order valence-corrected chi connectivity index (χ1v) is 9.51. The van der Waals surface area contributed by atoms with Crippen molar-refractivity contribution in [3.63, 3.8) is 0 Å². The van der Waals surface area contributed by atoms with Gasteiger partial charge in [0.1, 0.15) is 4.90 Å². The molecule has 0 atom stereocenters. The fourth-order valence-corrected chi connectivity index (χ4v) is 3.16. The van der Waals surface area contributed by atoms with Gasteiger partial charge in [0.2, 0.25) is 0 Å². The highest BCUT2D eigenvalue weighted by Gasteiger charge is 2.24. The fourth-order valence-electron chi connectivity index (χ4n) is 2.01. The largest absolute Gasteiger partial charge is 0.296 e. The van der Waals surface area contributed by atoms with E-state index in [9.17, 15) is 26.2 Å². The van der Waals surface area contributed by atoms with Gasteiger partial charge >= 0.3 is 0 Å². The van der Waals surface area contributed by atoms with Crippen LogP contribution in [0.25, 0.3) is 5.69 Å². The van der Waals surface area contributed by atoms with Gasteiger partial charge in [-0.2, -0.15) is 16.8 Å². The van der Waals surface area contributed by atoms with E-state index < -0.39 is 46.7 Å². The molecule has 132 valence electrons. The molecule has 0 aliphatic heterocycles. The normalized spacial score (nSPS) is 13.2. The van der Waals surface area contributed by atoms with Crippen LogP contribution in [0.1, 0.15) is 26.5 Å². The summed E-state index contributed by atoms with van der Waals surface area (Å²) in [7, 11) is -9.38. The molecule has 0 bridgehead atoms. The predicted octanol–water partition coefficient (Wildman–Crippen LogP) is 0.956. The molecule has 0 saturated heterocycles. The van der Waals surface area contributed by atoms with Crippen molar-refractivity contribution in [2.45, 2.75) is 36.0 Å². The third kappa shape index (κ3) is 3.59. The van der Waals surface area contributed by atoms with Crippen molar-refractivity contribution < 1.29 is 25.9 Å². The molecule has 1 aromatic heterocycles. The molecule has 0 radical (unpaired) electrons. The first-order valence-electron chi connectivity index (χ1n) is 6.63. The molecule has 1 aromatic carbocycles. The quantitative estimate of drug-likeness (QED) is 0.676. The van der Waals surface area contributed by atoms with Gasteiger partial charge < -0.3 is 0 Å². The molecule has 1 heterocycles. The lowest BCUT2D eigenvalue weighted by Gasteiger charge is -2.16. The Morgan fingerprint density at radius 2 is 1.58 bits per heavy atom. The molecule has 0 fully saturated rings. The summed E-state index contributed by atoms with van der Waals surface area (Å²) in [5.74, 6) is 0. The van der Waals surface area contributed by atoms with E-state index in [1.165, 1.54) is 6.07 Å². The van der Waals surface area contributed by atoms with E-state index in [1.807, 2.05) is 0 Å². The number of benzene rings is 1. The van der Waals surface area contributed by atoms with Crippen LogP contribution in [0.2, 0.25) is 0 Å². The molecule has 11 heteroatoms. The number of hydrogen-bond donors (Lipinski definition) is 3. The van der Waals surface area contributed by atoms with Crippen LogP contribution in [-0.4, -0.2) is 35.7 Å². The maximum atomic E-state index is 12.2. The van der Waals surface area contributed by atoms with Gasteiger partial charge in [0.25, 0.3) is 25.8 Å². The van der Waals surface area contributed by atoms with Gasteiger partial charge in [-0.3, -0.25) is 19.0 Å².